The van der Waals surface area contributed by atoms with E-state index in [0.29, 0.717) is 0 Å². The zero-order valence-electron chi connectivity index (χ0n) is 7.61. The normalized spacial score (nSPS) is 10.3. The van der Waals surface area contributed by atoms with Gasteiger partial charge in [-0.25, -0.2) is 9.37 Å². The monoisotopic (exact) mass is 287 g/mol. The van der Waals surface area contributed by atoms with Gasteiger partial charge in [0.2, 0.25) is 0 Å². The minimum Gasteiger partial charge on any atom is -0.484 e. The number of nitrogens with zero attached hydrogens (tertiary/aromatic N) is 1. The van der Waals surface area contributed by atoms with Crippen molar-refractivity contribution < 1.29 is 9.13 Å². The largest absolute Gasteiger partial charge is 0.484 e. The number of halogens is 2. The summed E-state index contributed by atoms with van der Waals surface area (Å²) in [5, 5.41) is 1.87. The molecular formula is C10H7BrFNOS. The fraction of sp³-hybridized carbons (Fsp3) is 0.100. The molecule has 0 amide bonds. The van der Waals surface area contributed by atoms with E-state index in [0.717, 1.165) is 10.2 Å². The van der Waals surface area contributed by atoms with E-state index in [9.17, 15) is 4.39 Å². The standard InChI is InChI=1S/C10H7BrFNOS/c11-7-1-2-9(12)10(3-7)14-4-8-5-15-6-13-8/h1-3,5-6H,4H2. The average molecular weight is 288 g/mol. The van der Waals surface area contributed by atoms with E-state index in [-0.39, 0.29) is 18.2 Å². The van der Waals surface area contributed by atoms with Gasteiger partial charge >= 0.3 is 0 Å². The van der Waals surface area contributed by atoms with Crippen molar-refractivity contribution in [3.8, 4) is 5.75 Å². The molecule has 0 radical (unpaired) electrons. The van der Waals surface area contributed by atoms with Gasteiger partial charge in [-0.1, -0.05) is 15.9 Å². The van der Waals surface area contributed by atoms with Gasteiger partial charge in [-0.05, 0) is 18.2 Å². The molecule has 78 valence electrons. The van der Waals surface area contributed by atoms with Gasteiger partial charge in [-0.3, -0.25) is 0 Å². The van der Waals surface area contributed by atoms with E-state index in [1.54, 1.807) is 17.6 Å². The van der Waals surface area contributed by atoms with Crippen molar-refractivity contribution in [2.45, 2.75) is 6.61 Å². The van der Waals surface area contributed by atoms with Gasteiger partial charge in [0.05, 0.1) is 11.2 Å². The van der Waals surface area contributed by atoms with Gasteiger partial charge < -0.3 is 4.74 Å². The van der Waals surface area contributed by atoms with Crippen LogP contribution in [0.15, 0.2) is 33.6 Å². The van der Waals surface area contributed by atoms with Gasteiger partial charge in [0.25, 0.3) is 0 Å². The molecule has 15 heavy (non-hydrogen) atoms. The maximum Gasteiger partial charge on any atom is 0.165 e. The topological polar surface area (TPSA) is 22.1 Å². The van der Waals surface area contributed by atoms with Crippen LogP contribution in [0, 0.1) is 5.82 Å². The van der Waals surface area contributed by atoms with Crippen molar-refractivity contribution in [1.82, 2.24) is 4.98 Å². The van der Waals surface area contributed by atoms with Gasteiger partial charge in [0, 0.05) is 9.85 Å². The molecule has 0 aliphatic heterocycles. The Morgan fingerprint density at radius 1 is 1.47 bits per heavy atom. The van der Waals surface area contributed by atoms with Crippen molar-refractivity contribution in [1.29, 1.82) is 0 Å². The van der Waals surface area contributed by atoms with E-state index >= 15 is 0 Å². The molecule has 0 bridgehead atoms. The average Bonchev–Trinajstić information content (AvgIpc) is 2.72. The molecule has 0 spiro atoms. The van der Waals surface area contributed by atoms with E-state index in [1.807, 2.05) is 5.38 Å². The lowest BCUT2D eigenvalue weighted by atomic mass is 10.3. The predicted octanol–water partition coefficient (Wildman–Crippen LogP) is 3.62. The summed E-state index contributed by atoms with van der Waals surface area (Å²) in [4.78, 5) is 4.04. The van der Waals surface area contributed by atoms with Crippen LogP contribution in [-0.4, -0.2) is 4.98 Å². The number of hydrogen-bond donors (Lipinski definition) is 0. The van der Waals surface area contributed by atoms with E-state index in [2.05, 4.69) is 20.9 Å². The third-order valence-corrected chi connectivity index (χ3v) is 2.88. The zero-order valence-corrected chi connectivity index (χ0v) is 10.0. The summed E-state index contributed by atoms with van der Waals surface area (Å²) in [5.41, 5.74) is 2.52. The molecule has 2 rings (SSSR count). The van der Waals surface area contributed by atoms with Crippen LogP contribution in [0.4, 0.5) is 4.39 Å². The Bertz CT molecular complexity index is 447. The lowest BCUT2D eigenvalue weighted by molar-refractivity contribution is 0.286. The summed E-state index contributed by atoms with van der Waals surface area (Å²) in [6, 6.07) is 4.59. The number of hydrogen-bond acceptors (Lipinski definition) is 3. The van der Waals surface area contributed by atoms with Crippen LogP contribution in [0.2, 0.25) is 0 Å². The number of benzene rings is 1. The van der Waals surface area contributed by atoms with Gasteiger partial charge in [0.15, 0.2) is 11.6 Å². The maximum absolute atomic E-state index is 13.2. The Kier molecular flexibility index (Phi) is 3.33. The Hall–Kier alpha value is -0.940. The van der Waals surface area contributed by atoms with Crippen molar-refractivity contribution in [3.63, 3.8) is 0 Å². The first-order valence-corrected chi connectivity index (χ1v) is 5.94. The van der Waals surface area contributed by atoms with Crippen LogP contribution >= 0.6 is 27.3 Å². The second-order valence-electron chi connectivity index (χ2n) is 2.84. The highest BCUT2D eigenvalue weighted by Crippen LogP contribution is 2.23. The third-order valence-electron chi connectivity index (χ3n) is 1.75. The van der Waals surface area contributed by atoms with Crippen LogP contribution in [0.1, 0.15) is 5.69 Å². The fourth-order valence-electron chi connectivity index (χ4n) is 1.05. The number of ether oxygens (including phenoxy) is 1. The van der Waals surface area contributed by atoms with Crippen LogP contribution in [0.5, 0.6) is 5.75 Å². The minimum atomic E-state index is -0.367. The van der Waals surface area contributed by atoms with Crippen molar-refractivity contribution in [2.75, 3.05) is 0 Å². The molecular weight excluding hydrogens is 281 g/mol. The highest BCUT2D eigenvalue weighted by atomic mass is 79.9. The molecule has 0 aliphatic rings. The smallest absolute Gasteiger partial charge is 0.165 e. The first kappa shape index (κ1) is 10.6. The van der Waals surface area contributed by atoms with Crippen LogP contribution in [0.25, 0.3) is 0 Å². The van der Waals surface area contributed by atoms with Crippen LogP contribution in [0.3, 0.4) is 0 Å². The van der Waals surface area contributed by atoms with Crippen LogP contribution in [-0.2, 0) is 6.61 Å². The highest BCUT2D eigenvalue weighted by Gasteiger charge is 2.04. The summed E-state index contributed by atoms with van der Waals surface area (Å²) < 4.78 is 19.3. The van der Waals surface area contributed by atoms with Crippen LogP contribution < -0.4 is 4.74 Å². The summed E-state index contributed by atoms with van der Waals surface area (Å²) in [5.74, 6) is -0.134. The Morgan fingerprint density at radius 3 is 3.07 bits per heavy atom. The summed E-state index contributed by atoms with van der Waals surface area (Å²) in [7, 11) is 0. The molecule has 5 heteroatoms. The zero-order chi connectivity index (χ0) is 10.7. The summed E-state index contributed by atoms with van der Waals surface area (Å²) in [6.45, 7) is 0.289. The molecule has 1 aromatic heterocycles. The van der Waals surface area contributed by atoms with E-state index in [4.69, 9.17) is 4.74 Å². The molecule has 0 saturated heterocycles. The molecule has 2 nitrogen and oxygen atoms in total. The first-order valence-electron chi connectivity index (χ1n) is 4.20. The van der Waals surface area contributed by atoms with Gasteiger partial charge in [-0.2, -0.15) is 0 Å². The highest BCUT2D eigenvalue weighted by molar-refractivity contribution is 9.10. The molecule has 0 unspecified atom stereocenters. The molecule has 0 fully saturated rings. The van der Waals surface area contributed by atoms with E-state index in [1.165, 1.54) is 17.4 Å². The van der Waals surface area contributed by atoms with Crippen molar-refractivity contribution in [3.05, 3.63) is 45.1 Å². The molecule has 1 heterocycles. The van der Waals surface area contributed by atoms with Gasteiger partial charge in [-0.15, -0.1) is 11.3 Å². The minimum absolute atomic E-state index is 0.234. The van der Waals surface area contributed by atoms with Gasteiger partial charge in [0.1, 0.15) is 6.61 Å². The molecule has 0 atom stereocenters. The quantitative estimate of drug-likeness (QED) is 0.860. The lowest BCUT2D eigenvalue weighted by Crippen LogP contribution is -1.97. The van der Waals surface area contributed by atoms with E-state index < -0.39 is 0 Å². The number of aromatic nitrogens is 1. The molecule has 2 aromatic rings. The first-order chi connectivity index (χ1) is 7.25. The molecule has 1 aromatic carbocycles. The predicted molar refractivity (Wildman–Crippen MR) is 60.5 cm³/mol. The molecule has 0 aliphatic carbocycles. The maximum atomic E-state index is 13.2. The Balaban J connectivity index is 2.07. The fourth-order valence-corrected chi connectivity index (χ4v) is 1.93. The SMILES string of the molecule is Fc1ccc(Br)cc1OCc1cscn1. The number of thiazole rings is 1. The van der Waals surface area contributed by atoms with Crippen molar-refractivity contribution in [2.24, 2.45) is 0 Å². The number of rotatable bonds is 3. The molecule has 0 N–H and O–H groups in total. The Labute approximate surface area is 98.9 Å². The third kappa shape index (κ3) is 2.76. The van der Waals surface area contributed by atoms with Crippen molar-refractivity contribution >= 4 is 27.3 Å². The second kappa shape index (κ2) is 4.72. The Morgan fingerprint density at radius 2 is 2.33 bits per heavy atom. The molecule has 0 saturated carbocycles. The summed E-state index contributed by atoms with van der Waals surface area (Å²) in [6.07, 6.45) is 0. The second-order valence-corrected chi connectivity index (χ2v) is 4.48. The lowest BCUT2D eigenvalue weighted by Gasteiger charge is -2.05. The summed E-state index contributed by atoms with van der Waals surface area (Å²) >= 11 is 4.74.